The van der Waals surface area contributed by atoms with Gasteiger partial charge in [0.2, 0.25) is 0 Å². The number of nitrogens with one attached hydrogen (secondary N) is 1. The highest BCUT2D eigenvalue weighted by atomic mass is 19.2. The van der Waals surface area contributed by atoms with Gasteiger partial charge in [0.1, 0.15) is 5.56 Å². The van der Waals surface area contributed by atoms with Crippen LogP contribution in [0, 0.1) is 27.7 Å². The Hall–Kier alpha value is -2.09. The highest BCUT2D eigenvalue weighted by Crippen LogP contribution is 2.32. The summed E-state index contributed by atoms with van der Waals surface area (Å²) in [4.78, 5) is 21.9. The van der Waals surface area contributed by atoms with Crippen LogP contribution in [0.5, 0.6) is 0 Å². The molecule has 108 valence electrons. The molecule has 8 heteroatoms. The molecular weight excluding hydrogens is 272 g/mol. The lowest BCUT2D eigenvalue weighted by atomic mass is 10.1. The maximum absolute atomic E-state index is 13.2. The SMILES string of the molecule is NCC(NC(=O)c1cc(F)c(F)cc1[N+](=O)[O-])C1CC1. The third-order valence-corrected chi connectivity index (χ3v) is 3.24. The molecule has 1 aliphatic rings. The second-order valence-corrected chi connectivity index (χ2v) is 4.69. The number of hydrogen-bond donors (Lipinski definition) is 2. The number of nitro groups is 1. The molecule has 1 amide bonds. The van der Waals surface area contributed by atoms with Crippen LogP contribution in [0.15, 0.2) is 12.1 Å². The van der Waals surface area contributed by atoms with Crippen LogP contribution < -0.4 is 11.1 Å². The number of hydrogen-bond acceptors (Lipinski definition) is 4. The van der Waals surface area contributed by atoms with Crippen LogP contribution in [0.3, 0.4) is 0 Å². The summed E-state index contributed by atoms with van der Waals surface area (Å²) in [5.74, 6) is -3.26. The Kier molecular flexibility index (Phi) is 3.93. The minimum absolute atomic E-state index is 0.188. The normalized spacial score (nSPS) is 15.8. The van der Waals surface area contributed by atoms with E-state index in [0.29, 0.717) is 12.1 Å². The molecule has 2 rings (SSSR count). The zero-order chi connectivity index (χ0) is 14.9. The quantitative estimate of drug-likeness (QED) is 0.630. The molecule has 0 aliphatic heterocycles. The van der Waals surface area contributed by atoms with Crippen molar-refractivity contribution in [2.45, 2.75) is 18.9 Å². The summed E-state index contributed by atoms with van der Waals surface area (Å²) >= 11 is 0. The number of nitrogens with zero attached hydrogens (tertiary/aromatic N) is 1. The number of benzene rings is 1. The van der Waals surface area contributed by atoms with Gasteiger partial charge in [-0.15, -0.1) is 0 Å². The van der Waals surface area contributed by atoms with E-state index in [1.807, 2.05) is 0 Å². The van der Waals surface area contributed by atoms with Gasteiger partial charge in [-0.2, -0.15) is 0 Å². The van der Waals surface area contributed by atoms with Crippen LogP contribution in [0.4, 0.5) is 14.5 Å². The standard InChI is InChI=1S/C12H13F2N3O3/c13-8-3-7(11(17(19)20)4-9(8)14)12(18)16-10(5-15)6-1-2-6/h3-4,6,10H,1-2,5,15H2,(H,16,18). The van der Waals surface area contributed by atoms with Crippen LogP contribution in [-0.2, 0) is 0 Å². The van der Waals surface area contributed by atoms with Crippen LogP contribution >= 0.6 is 0 Å². The van der Waals surface area contributed by atoms with Crippen molar-refractivity contribution in [3.63, 3.8) is 0 Å². The molecule has 20 heavy (non-hydrogen) atoms. The number of nitrogens with two attached hydrogens (primary N) is 1. The molecule has 1 aromatic rings. The fraction of sp³-hybridized carbons (Fsp3) is 0.417. The number of carbonyl (C=O) groups excluding carboxylic acids is 1. The Balaban J connectivity index is 2.28. The molecule has 0 bridgehead atoms. The predicted molar refractivity (Wildman–Crippen MR) is 66.0 cm³/mol. The monoisotopic (exact) mass is 285 g/mol. The molecule has 0 saturated heterocycles. The molecule has 0 radical (unpaired) electrons. The Morgan fingerprint density at radius 2 is 2.05 bits per heavy atom. The molecule has 1 aliphatic carbocycles. The van der Waals surface area contributed by atoms with Crippen molar-refractivity contribution in [1.82, 2.24) is 5.32 Å². The molecule has 1 fully saturated rings. The number of halogens is 2. The van der Waals surface area contributed by atoms with Crippen LogP contribution in [0.25, 0.3) is 0 Å². The minimum atomic E-state index is -1.37. The first-order valence-electron chi connectivity index (χ1n) is 6.08. The maximum atomic E-state index is 13.2. The third-order valence-electron chi connectivity index (χ3n) is 3.24. The number of amides is 1. The number of carbonyl (C=O) groups is 1. The Labute approximate surface area is 113 Å². The van der Waals surface area contributed by atoms with Crippen molar-refractivity contribution in [2.24, 2.45) is 11.7 Å². The lowest BCUT2D eigenvalue weighted by molar-refractivity contribution is -0.385. The number of rotatable bonds is 5. The third kappa shape index (κ3) is 2.90. The highest BCUT2D eigenvalue weighted by Gasteiger charge is 2.33. The van der Waals surface area contributed by atoms with E-state index < -0.39 is 33.7 Å². The van der Waals surface area contributed by atoms with Gasteiger partial charge in [0, 0.05) is 12.6 Å². The predicted octanol–water partition coefficient (Wildman–Crippen LogP) is 1.34. The second-order valence-electron chi connectivity index (χ2n) is 4.69. The van der Waals surface area contributed by atoms with Gasteiger partial charge in [-0.3, -0.25) is 14.9 Å². The van der Waals surface area contributed by atoms with Gasteiger partial charge in [-0.05, 0) is 24.8 Å². The first-order valence-corrected chi connectivity index (χ1v) is 6.08. The van der Waals surface area contributed by atoms with Crippen LogP contribution in [0.1, 0.15) is 23.2 Å². The van der Waals surface area contributed by atoms with Crippen molar-refractivity contribution in [2.75, 3.05) is 6.54 Å². The van der Waals surface area contributed by atoms with E-state index in [4.69, 9.17) is 5.73 Å². The Morgan fingerprint density at radius 3 is 2.55 bits per heavy atom. The smallest absolute Gasteiger partial charge is 0.285 e. The second kappa shape index (κ2) is 5.49. The molecule has 1 unspecified atom stereocenters. The van der Waals surface area contributed by atoms with Gasteiger partial charge in [0.05, 0.1) is 11.0 Å². The summed E-state index contributed by atoms with van der Waals surface area (Å²) in [6, 6.07) is 0.623. The number of nitro benzene ring substituents is 1. The lowest BCUT2D eigenvalue weighted by Gasteiger charge is -2.16. The van der Waals surface area contributed by atoms with Crippen molar-refractivity contribution in [3.8, 4) is 0 Å². The first kappa shape index (κ1) is 14.3. The average Bonchev–Trinajstić information content (AvgIpc) is 3.22. The molecular formula is C12H13F2N3O3. The highest BCUT2D eigenvalue weighted by molar-refractivity contribution is 5.98. The lowest BCUT2D eigenvalue weighted by Crippen LogP contribution is -2.42. The Bertz CT molecular complexity index is 561. The van der Waals surface area contributed by atoms with Gasteiger partial charge in [-0.1, -0.05) is 0 Å². The molecule has 0 heterocycles. The van der Waals surface area contributed by atoms with Crippen molar-refractivity contribution in [3.05, 3.63) is 39.4 Å². The summed E-state index contributed by atoms with van der Waals surface area (Å²) < 4.78 is 26.2. The Morgan fingerprint density at radius 1 is 1.45 bits per heavy atom. The maximum Gasteiger partial charge on any atom is 0.285 e. The molecule has 0 aromatic heterocycles. The van der Waals surface area contributed by atoms with Crippen LogP contribution in [-0.4, -0.2) is 23.4 Å². The first-order chi connectivity index (χ1) is 9.43. The zero-order valence-electron chi connectivity index (χ0n) is 10.4. The van der Waals surface area contributed by atoms with Crippen LogP contribution in [0.2, 0.25) is 0 Å². The van der Waals surface area contributed by atoms with E-state index >= 15 is 0 Å². The summed E-state index contributed by atoms with van der Waals surface area (Å²) in [5, 5.41) is 13.3. The van der Waals surface area contributed by atoms with Crippen molar-refractivity contribution >= 4 is 11.6 Å². The summed E-state index contributed by atoms with van der Waals surface area (Å²) in [6.07, 6.45) is 1.84. The fourth-order valence-electron chi connectivity index (χ4n) is 1.98. The van der Waals surface area contributed by atoms with E-state index in [0.717, 1.165) is 12.8 Å². The van der Waals surface area contributed by atoms with Crippen molar-refractivity contribution in [1.29, 1.82) is 0 Å². The van der Waals surface area contributed by atoms with Gasteiger partial charge in [0.15, 0.2) is 11.6 Å². The molecule has 0 spiro atoms. The van der Waals surface area contributed by atoms with E-state index in [-0.39, 0.29) is 18.5 Å². The topological polar surface area (TPSA) is 98.3 Å². The molecule has 6 nitrogen and oxygen atoms in total. The fourth-order valence-corrected chi connectivity index (χ4v) is 1.98. The van der Waals surface area contributed by atoms with E-state index in [1.165, 1.54) is 0 Å². The molecule has 1 saturated carbocycles. The van der Waals surface area contributed by atoms with Gasteiger partial charge in [-0.25, -0.2) is 8.78 Å². The van der Waals surface area contributed by atoms with Crippen molar-refractivity contribution < 1.29 is 18.5 Å². The summed E-state index contributed by atoms with van der Waals surface area (Å²) in [7, 11) is 0. The van der Waals surface area contributed by atoms with Gasteiger partial charge < -0.3 is 11.1 Å². The van der Waals surface area contributed by atoms with E-state index in [9.17, 15) is 23.7 Å². The van der Waals surface area contributed by atoms with E-state index in [1.54, 1.807) is 0 Å². The zero-order valence-corrected chi connectivity index (χ0v) is 10.4. The summed E-state index contributed by atoms with van der Waals surface area (Å²) in [6.45, 7) is 0.188. The van der Waals surface area contributed by atoms with Gasteiger partial charge >= 0.3 is 0 Å². The average molecular weight is 285 g/mol. The summed E-state index contributed by atoms with van der Waals surface area (Å²) in [5.41, 5.74) is 4.23. The molecule has 1 atom stereocenters. The minimum Gasteiger partial charge on any atom is -0.348 e. The van der Waals surface area contributed by atoms with E-state index in [2.05, 4.69) is 5.32 Å². The molecule has 1 aromatic carbocycles. The molecule has 3 N–H and O–H groups in total. The van der Waals surface area contributed by atoms with Gasteiger partial charge in [0.25, 0.3) is 11.6 Å². The largest absolute Gasteiger partial charge is 0.348 e.